The fourth-order valence-corrected chi connectivity index (χ4v) is 18.2. The van der Waals surface area contributed by atoms with Gasteiger partial charge in [-0.05, 0) is 143 Å². The number of fused-ring (bicyclic) bond motifs is 5. The average Bonchev–Trinajstić information content (AvgIpc) is 1.67. The number of carboxylic acid groups (broad SMARTS) is 2. The first-order valence-corrected chi connectivity index (χ1v) is 46.3. The fourth-order valence-electron chi connectivity index (χ4n) is 18.2. The van der Waals surface area contributed by atoms with E-state index in [1.54, 1.807) is 107 Å². The largest absolute Gasteiger partial charge is 0.497 e. The van der Waals surface area contributed by atoms with Crippen molar-refractivity contribution in [2.75, 3.05) is 53.9 Å². The quantitative estimate of drug-likeness (QED) is 0.0395. The Balaban J connectivity index is 1.10. The first-order valence-electron chi connectivity index (χ1n) is 46.3. The number of methoxy groups -OCH3 is 1. The molecule has 39 heteroatoms. The topological polar surface area (TPSA) is 571 Å². The van der Waals surface area contributed by atoms with Crippen LogP contribution in [0, 0.1) is 17.8 Å². The van der Waals surface area contributed by atoms with Crippen molar-refractivity contribution >= 4 is 122 Å². The highest BCUT2D eigenvalue weighted by Crippen LogP contribution is 2.32. The van der Waals surface area contributed by atoms with E-state index >= 15 is 38.4 Å². The zero-order chi connectivity index (χ0) is 97.2. The molecule has 6 heterocycles. The second-order valence-electron chi connectivity index (χ2n) is 36.2. The van der Waals surface area contributed by atoms with Gasteiger partial charge in [-0.25, -0.2) is 0 Å². The Morgan fingerprint density at radius 1 is 0.519 bits per heavy atom. The van der Waals surface area contributed by atoms with Gasteiger partial charge >= 0.3 is 11.9 Å². The molecule has 18 N–H and O–H groups in total. The van der Waals surface area contributed by atoms with Gasteiger partial charge in [0.2, 0.25) is 82.7 Å². The molecule has 2 aromatic heterocycles. The van der Waals surface area contributed by atoms with E-state index in [0.717, 1.165) is 9.80 Å². The van der Waals surface area contributed by atoms with Gasteiger partial charge in [0.25, 0.3) is 0 Å². The maximum atomic E-state index is 15.9. The lowest BCUT2D eigenvalue weighted by atomic mass is 9.90. The van der Waals surface area contributed by atoms with E-state index in [9.17, 15) is 58.5 Å². The number of para-hydroxylation sites is 2. The van der Waals surface area contributed by atoms with Crippen molar-refractivity contribution in [3.8, 4) is 5.75 Å². The minimum atomic E-state index is -1.83. The summed E-state index contributed by atoms with van der Waals surface area (Å²) in [5, 5.41) is 54.9. The number of hydrogen-bond donors (Lipinski definition) is 15. The van der Waals surface area contributed by atoms with E-state index in [1.807, 2.05) is 13.8 Å². The summed E-state index contributed by atoms with van der Waals surface area (Å²) in [6.07, 6.45) is 1.10. The summed E-state index contributed by atoms with van der Waals surface area (Å²) in [6, 6.07) is 1.51. The smallest absolute Gasteiger partial charge is 0.323 e. The molecule has 0 spiro atoms. The molecule has 0 unspecified atom stereocenters. The van der Waals surface area contributed by atoms with Crippen LogP contribution in [0.1, 0.15) is 187 Å². The molecule has 0 bridgehead atoms. The molecular weight excluding hydrogens is 1720 g/mol. The normalized spacial score (nSPS) is 25.6. The average molecular weight is 1850 g/mol. The Morgan fingerprint density at radius 2 is 1.08 bits per heavy atom. The second-order valence-corrected chi connectivity index (χ2v) is 36.2. The number of rotatable bonds is 25. The molecule has 14 amide bonds. The SMILES string of the molecule is CCCC[C@H]1C(=O)N(C)[C@@H](CCCC)C(=O)N[C@@H](CC(C)C)C(=O)N[C@H](C(N)=O)CCCC(=O)N[C@@H](Cc2ccc(OC)cc2)C(=O)N2CCCC[C@H]2C(=O)N[C@@H](CC(=O)O)C(=O)N2CCC[C@H]2C(=O)N[C@@H](CN)C(=O)N[C@@H](CC(C)C)C(=O)N2C[C@H](O)C[C@H]2C(=O)C[C@@H](Cc2c[nH]c3ccccc23)C(=O)N[C@@H](CCN)C(=O)N[C@@H](Cc2cn(CC(=O)O)c3ccccc23)C(=O)N1C. The number of carbonyl (C=O) groups excluding carboxylic acids is 15. The molecule has 133 heavy (non-hydrogen) atoms. The van der Waals surface area contributed by atoms with Gasteiger partial charge in [0.1, 0.15) is 84.8 Å². The number of ether oxygens (including phenoxy) is 1. The second kappa shape index (κ2) is 49.4. The molecule has 9 rings (SSSR count). The molecule has 726 valence electrons. The van der Waals surface area contributed by atoms with Crippen LogP contribution < -0.4 is 64.5 Å². The number of aromatic nitrogens is 2. The van der Waals surface area contributed by atoms with Gasteiger partial charge in [-0.3, -0.25) is 81.5 Å². The van der Waals surface area contributed by atoms with Gasteiger partial charge in [0, 0.05) is 112 Å². The first kappa shape index (κ1) is 104. The van der Waals surface area contributed by atoms with E-state index in [-0.39, 0.29) is 128 Å². The lowest BCUT2D eigenvalue weighted by Gasteiger charge is -2.38. The molecule has 4 aliphatic heterocycles. The Labute approximate surface area is 773 Å². The van der Waals surface area contributed by atoms with Crippen LogP contribution in [0.5, 0.6) is 5.75 Å². The summed E-state index contributed by atoms with van der Waals surface area (Å²) in [7, 11) is 4.22. The molecule has 4 saturated heterocycles. The summed E-state index contributed by atoms with van der Waals surface area (Å²) in [4.78, 5) is 259. The highest BCUT2D eigenvalue weighted by Gasteiger charge is 2.47. The summed E-state index contributed by atoms with van der Waals surface area (Å²) >= 11 is 0. The number of hydrogen-bond acceptors (Lipinski definition) is 21. The predicted octanol–water partition coefficient (Wildman–Crippen LogP) is 1.61. The lowest BCUT2D eigenvalue weighted by molar-refractivity contribution is -0.149. The number of aliphatic hydroxyl groups is 1. The number of nitrogens with one attached hydrogen (secondary N) is 9. The van der Waals surface area contributed by atoms with Gasteiger partial charge in [-0.1, -0.05) is 116 Å². The number of Topliss-reactive ketones (excluding diaryl/α,β-unsaturated/α-hetero) is 1. The van der Waals surface area contributed by atoms with Crippen LogP contribution >= 0.6 is 0 Å². The highest BCUT2D eigenvalue weighted by molar-refractivity contribution is 6.02. The molecule has 4 fully saturated rings. The number of nitrogens with two attached hydrogens (primary N) is 3. The number of benzene rings is 3. The number of aliphatic hydroxyl groups excluding tert-OH is 1. The number of ketones is 1. The number of likely N-dealkylation sites (N-methyl/N-ethyl adjacent to an activating group) is 2. The van der Waals surface area contributed by atoms with Crippen LogP contribution in [0.3, 0.4) is 0 Å². The van der Waals surface area contributed by atoms with Gasteiger partial charge in [-0.15, -0.1) is 0 Å². The van der Waals surface area contributed by atoms with Gasteiger partial charge in [-0.2, -0.15) is 0 Å². The van der Waals surface area contributed by atoms with Crippen LogP contribution in [0.4, 0.5) is 0 Å². The summed E-state index contributed by atoms with van der Waals surface area (Å²) < 4.78 is 6.83. The lowest BCUT2D eigenvalue weighted by Crippen LogP contribution is -2.61. The molecule has 0 aliphatic carbocycles. The van der Waals surface area contributed by atoms with Crippen LogP contribution in [0.15, 0.2) is 85.2 Å². The van der Waals surface area contributed by atoms with Gasteiger partial charge in [0.05, 0.1) is 25.7 Å². The van der Waals surface area contributed by atoms with Crippen molar-refractivity contribution < 1.29 is 102 Å². The Hall–Kier alpha value is -12.4. The number of carboxylic acids is 2. The zero-order valence-corrected chi connectivity index (χ0v) is 77.5. The number of unbranched alkanes of at least 4 members (excludes halogenated alkanes) is 2. The molecule has 39 nitrogen and oxygen atoms in total. The molecule has 15 atom stereocenters. The molecule has 0 radical (unpaired) electrons. The molecule has 0 saturated carbocycles. The number of aliphatic carboxylic acids is 2. The number of primary amides is 1. The highest BCUT2D eigenvalue weighted by atomic mass is 16.5. The third-order valence-corrected chi connectivity index (χ3v) is 25.3. The monoisotopic (exact) mass is 1850 g/mol. The molecule has 5 aromatic rings. The maximum Gasteiger partial charge on any atom is 0.323 e. The fraction of sp³-hybridized carbons (Fsp3) is 0.585. The van der Waals surface area contributed by atoms with Crippen LogP contribution in [0.2, 0.25) is 0 Å². The third kappa shape index (κ3) is 28.1. The van der Waals surface area contributed by atoms with Crippen LogP contribution in [0.25, 0.3) is 21.8 Å². The van der Waals surface area contributed by atoms with Crippen molar-refractivity contribution in [2.24, 2.45) is 35.0 Å². The number of carbonyl (C=O) groups is 17. The summed E-state index contributed by atoms with van der Waals surface area (Å²) in [5.74, 6) is -16.9. The number of amides is 14. The number of aromatic amines is 1. The number of nitrogens with zero attached hydrogens (tertiary/aromatic N) is 6. The van der Waals surface area contributed by atoms with E-state index in [0.29, 0.717) is 82.8 Å². The summed E-state index contributed by atoms with van der Waals surface area (Å²) in [6.45, 7) is 8.94. The van der Waals surface area contributed by atoms with Gasteiger partial charge in [0.15, 0.2) is 5.78 Å². The predicted molar refractivity (Wildman–Crippen MR) is 490 cm³/mol. The van der Waals surface area contributed by atoms with Crippen LogP contribution in [-0.4, -0.2) is 288 Å². The molecule has 3 aromatic carbocycles. The molecular formula is C94H134N18O21. The Morgan fingerprint density at radius 3 is 1.71 bits per heavy atom. The third-order valence-electron chi connectivity index (χ3n) is 25.3. The van der Waals surface area contributed by atoms with Gasteiger partial charge < -0.3 is 114 Å². The maximum absolute atomic E-state index is 15.9. The first-order chi connectivity index (χ1) is 63.4. The standard InChI is InChI=1S/C94H134N18O21/c1-10-12-26-73-87(125)102-66(40-53(3)4)85(123)100-64(82(97)120)25-20-31-79(115)99-68(42-55-32-34-60(133-9)35-33-55)91(129)110-38-19-18-29-74(110)88(126)105-70(47-80(116)117)92(130)111-39-21-30-75(111)89(127)106-71(48-96)86(124)103-67(41-54(5)6)93(131)112-51-59(113)46-77(112)78(114)45-56(43-57-49-98-63-24-16-14-22-61(57)63)83(121)101-65(36-37-95)84(122)104-69(90(128)108(8)76(27-13-11-2)94(132)107(73)7)44-58-50-109(52-81(118)119)72-28-17-15-23-62(58)72/h14-17,22-24,28,32-35,49-50,53-54,56,59,64-71,73-77,98,113H,10-13,18-21,25-27,29-31,36-48,51-52,95-96H2,1-9H3,(H2,97,120)(H,99,115)(H,100,123)(H,101,121)(H,102,125)(H,103,124)(H,104,122)(H,105,126)(H,106,127)(H,116,117)(H,118,119)/t56-,59-,64+,65+,66+,67+,68+,69+,70+,71+,73+,74+,75+,76+,77+/m1/s1. The minimum Gasteiger partial charge on any atom is -0.497 e. The van der Waals surface area contributed by atoms with Crippen molar-refractivity contribution in [1.82, 2.24) is 76.6 Å². The molecule has 4 aliphatic rings. The number of piperidine rings is 1. The van der Waals surface area contributed by atoms with E-state index in [1.165, 1.54) is 46.7 Å². The van der Waals surface area contributed by atoms with Crippen molar-refractivity contribution in [1.29, 1.82) is 0 Å². The van der Waals surface area contributed by atoms with Crippen molar-refractivity contribution in [2.45, 2.75) is 280 Å². The number of H-pyrrole nitrogens is 1. The van der Waals surface area contributed by atoms with E-state index in [4.69, 9.17) is 21.9 Å². The minimum absolute atomic E-state index is 0.000856. The van der Waals surface area contributed by atoms with E-state index in [2.05, 4.69) is 47.5 Å². The Kier molecular flexibility index (Phi) is 38.7. The van der Waals surface area contributed by atoms with Crippen LogP contribution in [-0.2, 0) is 107 Å². The van der Waals surface area contributed by atoms with E-state index < -0.39 is 223 Å². The Bertz CT molecular complexity index is 4980. The summed E-state index contributed by atoms with van der Waals surface area (Å²) in [5.41, 5.74) is 21.1. The van der Waals surface area contributed by atoms with Crippen molar-refractivity contribution in [3.05, 3.63) is 102 Å². The van der Waals surface area contributed by atoms with Crippen molar-refractivity contribution in [3.63, 3.8) is 0 Å². The zero-order valence-electron chi connectivity index (χ0n) is 77.5.